The first-order valence-electron chi connectivity index (χ1n) is 8.20. The summed E-state index contributed by atoms with van der Waals surface area (Å²) in [7, 11) is 1.59. The molecule has 2 aromatic carbocycles. The average Bonchev–Trinajstić information content (AvgIpc) is 2.61. The monoisotopic (exact) mass is 341 g/mol. The van der Waals surface area contributed by atoms with E-state index in [1.165, 1.54) is 0 Å². The third kappa shape index (κ3) is 5.35. The smallest absolute Gasteiger partial charge is 0.308 e. The molecule has 0 saturated heterocycles. The minimum atomic E-state index is -0.474. The summed E-state index contributed by atoms with van der Waals surface area (Å²) in [5.74, 6) is 0.130. The molecule has 0 fully saturated rings. The zero-order chi connectivity index (χ0) is 18.2. The number of amides is 1. The average molecular weight is 341 g/mol. The number of hydrogen-bond donors (Lipinski definition) is 1. The van der Waals surface area contributed by atoms with Gasteiger partial charge < -0.3 is 14.8 Å². The third-order valence-electron chi connectivity index (χ3n) is 3.78. The Balaban J connectivity index is 2.20. The van der Waals surface area contributed by atoms with Crippen LogP contribution in [0.2, 0.25) is 0 Å². The highest BCUT2D eigenvalue weighted by Crippen LogP contribution is 2.21. The van der Waals surface area contributed by atoms with Crippen LogP contribution in [0.1, 0.15) is 40.9 Å². The highest BCUT2D eigenvalue weighted by atomic mass is 16.5. The quantitative estimate of drug-likeness (QED) is 0.784. The molecule has 0 saturated carbocycles. The lowest BCUT2D eigenvalue weighted by atomic mass is 10.0. The third-order valence-corrected chi connectivity index (χ3v) is 3.78. The van der Waals surface area contributed by atoms with Crippen LogP contribution in [-0.4, -0.2) is 25.6 Å². The lowest BCUT2D eigenvalue weighted by Crippen LogP contribution is -2.30. The van der Waals surface area contributed by atoms with Gasteiger partial charge in [0, 0.05) is 5.56 Å². The van der Waals surface area contributed by atoms with Crippen molar-refractivity contribution in [1.29, 1.82) is 0 Å². The van der Waals surface area contributed by atoms with Gasteiger partial charge in [-0.2, -0.15) is 0 Å². The largest absolute Gasteiger partial charge is 0.497 e. The van der Waals surface area contributed by atoms with Crippen LogP contribution in [0.3, 0.4) is 0 Å². The summed E-state index contributed by atoms with van der Waals surface area (Å²) in [5, 5.41) is 2.92. The molecule has 25 heavy (non-hydrogen) atoms. The Kier molecular flexibility index (Phi) is 6.57. The van der Waals surface area contributed by atoms with Crippen LogP contribution in [0, 0.1) is 6.92 Å². The Morgan fingerprint density at radius 1 is 1.12 bits per heavy atom. The van der Waals surface area contributed by atoms with Gasteiger partial charge in [0.2, 0.25) is 0 Å². The molecule has 0 unspecified atom stereocenters. The zero-order valence-electron chi connectivity index (χ0n) is 14.7. The van der Waals surface area contributed by atoms with Crippen LogP contribution in [0.5, 0.6) is 5.75 Å². The van der Waals surface area contributed by atoms with Crippen LogP contribution >= 0.6 is 0 Å². The van der Waals surface area contributed by atoms with Gasteiger partial charge in [0.05, 0.1) is 26.2 Å². The maximum absolute atomic E-state index is 12.6. The summed E-state index contributed by atoms with van der Waals surface area (Å²) < 4.78 is 10.2. The molecular weight excluding hydrogens is 318 g/mol. The van der Waals surface area contributed by atoms with E-state index in [-0.39, 0.29) is 18.3 Å². The lowest BCUT2D eigenvalue weighted by Gasteiger charge is -2.19. The van der Waals surface area contributed by atoms with Crippen molar-refractivity contribution in [2.24, 2.45) is 0 Å². The summed E-state index contributed by atoms with van der Waals surface area (Å²) in [6.07, 6.45) is 0.0672. The number of esters is 1. The van der Waals surface area contributed by atoms with Crippen LogP contribution in [0.4, 0.5) is 0 Å². The molecule has 1 N–H and O–H groups in total. The number of nitrogens with one attached hydrogen (secondary N) is 1. The van der Waals surface area contributed by atoms with Gasteiger partial charge in [-0.25, -0.2) is 0 Å². The van der Waals surface area contributed by atoms with Crippen molar-refractivity contribution < 1.29 is 19.1 Å². The standard InChI is InChI=1S/C20H23NO4/c1-4-25-19(22)13-18(15-8-10-17(24-3)11-9-15)21-20(23)16-7-5-6-14(2)12-16/h5-12,18H,4,13H2,1-3H3,(H,21,23)/t18-/m0/s1. The summed E-state index contributed by atoms with van der Waals surface area (Å²) in [6.45, 7) is 3.99. The number of hydrogen-bond acceptors (Lipinski definition) is 4. The molecule has 5 nitrogen and oxygen atoms in total. The van der Waals surface area contributed by atoms with E-state index in [0.29, 0.717) is 17.9 Å². The molecule has 2 aromatic rings. The number of rotatable bonds is 7. The Bertz CT molecular complexity index is 725. The van der Waals surface area contributed by atoms with Crippen LogP contribution in [-0.2, 0) is 9.53 Å². The molecule has 0 bridgehead atoms. The highest BCUT2D eigenvalue weighted by Gasteiger charge is 2.20. The normalized spacial score (nSPS) is 11.5. The molecule has 0 aliphatic rings. The van der Waals surface area contributed by atoms with E-state index >= 15 is 0 Å². The predicted octanol–water partition coefficient (Wildman–Crippen LogP) is 3.43. The van der Waals surface area contributed by atoms with Crippen LogP contribution in [0.25, 0.3) is 0 Å². The Morgan fingerprint density at radius 3 is 2.44 bits per heavy atom. The maximum atomic E-state index is 12.6. The highest BCUT2D eigenvalue weighted by molar-refractivity contribution is 5.94. The summed E-state index contributed by atoms with van der Waals surface area (Å²) in [6, 6.07) is 14.1. The number of carbonyl (C=O) groups is 2. The van der Waals surface area contributed by atoms with Gasteiger partial charge >= 0.3 is 5.97 Å². The Labute approximate surface area is 148 Å². The van der Waals surface area contributed by atoms with Gasteiger partial charge in [-0.05, 0) is 43.7 Å². The first-order chi connectivity index (χ1) is 12.0. The predicted molar refractivity (Wildman–Crippen MR) is 95.6 cm³/mol. The number of benzene rings is 2. The van der Waals surface area contributed by atoms with Gasteiger partial charge in [-0.3, -0.25) is 9.59 Å². The molecule has 1 amide bonds. The second kappa shape index (κ2) is 8.87. The fraction of sp³-hybridized carbons (Fsp3) is 0.300. The molecular formula is C20H23NO4. The van der Waals surface area contributed by atoms with Gasteiger partial charge in [0.15, 0.2) is 0 Å². The Morgan fingerprint density at radius 2 is 1.84 bits per heavy atom. The molecule has 2 rings (SSSR count). The van der Waals surface area contributed by atoms with E-state index < -0.39 is 6.04 Å². The molecule has 0 radical (unpaired) electrons. The molecule has 0 aliphatic carbocycles. The van der Waals surface area contributed by atoms with Crippen molar-refractivity contribution in [3.05, 3.63) is 65.2 Å². The van der Waals surface area contributed by atoms with Gasteiger partial charge in [0.1, 0.15) is 5.75 Å². The van der Waals surface area contributed by atoms with E-state index in [2.05, 4.69) is 5.32 Å². The van der Waals surface area contributed by atoms with Crippen LogP contribution in [0.15, 0.2) is 48.5 Å². The first kappa shape index (κ1) is 18.5. The minimum Gasteiger partial charge on any atom is -0.497 e. The molecule has 5 heteroatoms. The van der Waals surface area contributed by atoms with E-state index in [1.54, 1.807) is 32.2 Å². The van der Waals surface area contributed by atoms with E-state index in [1.807, 2.05) is 37.3 Å². The van der Waals surface area contributed by atoms with Crippen molar-refractivity contribution >= 4 is 11.9 Å². The molecule has 0 aliphatic heterocycles. The molecule has 0 aromatic heterocycles. The summed E-state index contributed by atoms with van der Waals surface area (Å²) in [4.78, 5) is 24.5. The second-order valence-corrected chi connectivity index (χ2v) is 5.68. The van der Waals surface area contributed by atoms with Crippen molar-refractivity contribution in [2.75, 3.05) is 13.7 Å². The summed E-state index contributed by atoms with van der Waals surface area (Å²) in [5.41, 5.74) is 2.37. The second-order valence-electron chi connectivity index (χ2n) is 5.68. The fourth-order valence-corrected chi connectivity index (χ4v) is 2.50. The van der Waals surface area contributed by atoms with Gasteiger partial charge in [0.25, 0.3) is 5.91 Å². The van der Waals surface area contributed by atoms with Crippen molar-refractivity contribution in [1.82, 2.24) is 5.32 Å². The molecule has 0 heterocycles. The minimum absolute atomic E-state index is 0.0672. The molecule has 132 valence electrons. The molecule has 1 atom stereocenters. The van der Waals surface area contributed by atoms with E-state index in [0.717, 1.165) is 11.1 Å². The maximum Gasteiger partial charge on any atom is 0.308 e. The zero-order valence-corrected chi connectivity index (χ0v) is 14.7. The Hall–Kier alpha value is -2.82. The number of methoxy groups -OCH3 is 1. The van der Waals surface area contributed by atoms with Gasteiger partial charge in [-0.15, -0.1) is 0 Å². The summed E-state index contributed by atoms with van der Waals surface area (Å²) >= 11 is 0. The number of aryl methyl sites for hydroxylation is 1. The fourth-order valence-electron chi connectivity index (χ4n) is 2.50. The SMILES string of the molecule is CCOC(=O)C[C@H](NC(=O)c1cccc(C)c1)c1ccc(OC)cc1. The van der Waals surface area contributed by atoms with Crippen LogP contribution < -0.4 is 10.1 Å². The first-order valence-corrected chi connectivity index (χ1v) is 8.20. The van der Waals surface area contributed by atoms with E-state index in [9.17, 15) is 9.59 Å². The lowest BCUT2D eigenvalue weighted by molar-refractivity contribution is -0.143. The number of ether oxygens (including phenoxy) is 2. The van der Waals surface area contributed by atoms with Crippen molar-refractivity contribution in [3.63, 3.8) is 0 Å². The molecule has 0 spiro atoms. The number of carbonyl (C=O) groups excluding carboxylic acids is 2. The topological polar surface area (TPSA) is 64.6 Å². The van der Waals surface area contributed by atoms with Gasteiger partial charge in [-0.1, -0.05) is 29.8 Å². The van der Waals surface area contributed by atoms with Crippen molar-refractivity contribution in [3.8, 4) is 5.75 Å². The van der Waals surface area contributed by atoms with Crippen molar-refractivity contribution in [2.45, 2.75) is 26.3 Å². The van der Waals surface area contributed by atoms with E-state index in [4.69, 9.17) is 9.47 Å².